The maximum absolute atomic E-state index is 5.45. The molecule has 7 heteroatoms. The molecular formula is C19H33IN4O2. The Morgan fingerprint density at radius 1 is 1.23 bits per heavy atom. The van der Waals surface area contributed by atoms with Gasteiger partial charge in [0.2, 0.25) is 0 Å². The number of hydrogen-bond acceptors (Lipinski definition) is 4. The maximum atomic E-state index is 5.45. The first-order chi connectivity index (χ1) is 12.2. The molecule has 2 N–H and O–H groups in total. The Kier molecular flexibility index (Phi) is 10.7. The summed E-state index contributed by atoms with van der Waals surface area (Å²) in [6, 6.07) is 6.43. The van der Waals surface area contributed by atoms with Gasteiger partial charge in [-0.3, -0.25) is 4.90 Å². The van der Waals surface area contributed by atoms with Gasteiger partial charge >= 0.3 is 0 Å². The second kappa shape index (κ2) is 12.2. The number of halogens is 1. The fraction of sp³-hybridized carbons (Fsp3) is 0.632. The lowest BCUT2D eigenvalue weighted by molar-refractivity contribution is 0.267. The van der Waals surface area contributed by atoms with E-state index in [0.717, 1.165) is 42.7 Å². The van der Waals surface area contributed by atoms with Crippen LogP contribution in [-0.4, -0.2) is 57.3 Å². The number of benzene rings is 1. The predicted molar refractivity (Wildman–Crippen MR) is 118 cm³/mol. The maximum Gasteiger partial charge on any atom is 0.191 e. The van der Waals surface area contributed by atoms with Crippen LogP contribution in [0, 0.1) is 0 Å². The third-order valence-corrected chi connectivity index (χ3v) is 4.66. The molecule has 1 aliphatic heterocycles. The molecule has 0 amide bonds. The molecule has 1 heterocycles. The van der Waals surface area contributed by atoms with Crippen LogP contribution in [0.2, 0.25) is 0 Å². The standard InChI is InChI=1S/C19H32N4O2.HI/c1-5-20-19(22-14-16-8-7-11-23(16)6-2)21-13-15-9-10-17(24-3)12-18(15)25-4;/h9-10,12,16H,5-8,11,13-14H2,1-4H3,(H2,20,21,22);1H. The molecule has 0 saturated carbocycles. The fourth-order valence-electron chi connectivity index (χ4n) is 3.25. The van der Waals surface area contributed by atoms with Crippen molar-refractivity contribution >= 4 is 29.9 Å². The summed E-state index contributed by atoms with van der Waals surface area (Å²) in [6.07, 6.45) is 2.55. The van der Waals surface area contributed by atoms with Gasteiger partial charge in [-0.25, -0.2) is 4.99 Å². The zero-order valence-corrected chi connectivity index (χ0v) is 18.7. The number of guanidine groups is 1. The highest BCUT2D eigenvalue weighted by atomic mass is 127. The van der Waals surface area contributed by atoms with Gasteiger partial charge in [0.1, 0.15) is 11.5 Å². The van der Waals surface area contributed by atoms with Crippen molar-refractivity contribution < 1.29 is 9.47 Å². The number of aliphatic imine (C=N–C) groups is 1. The fourth-order valence-corrected chi connectivity index (χ4v) is 3.25. The second-order valence-electron chi connectivity index (χ2n) is 6.18. The minimum atomic E-state index is 0. The Hall–Kier alpha value is -1.22. The molecule has 6 nitrogen and oxygen atoms in total. The average Bonchev–Trinajstić information content (AvgIpc) is 3.11. The van der Waals surface area contributed by atoms with Gasteiger partial charge in [-0.1, -0.05) is 6.92 Å². The van der Waals surface area contributed by atoms with E-state index in [2.05, 4.69) is 29.4 Å². The first-order valence-corrected chi connectivity index (χ1v) is 9.18. The number of likely N-dealkylation sites (tertiary alicyclic amines) is 1. The summed E-state index contributed by atoms with van der Waals surface area (Å²) in [5, 5.41) is 6.81. The number of nitrogens with one attached hydrogen (secondary N) is 2. The van der Waals surface area contributed by atoms with Crippen LogP contribution in [0.3, 0.4) is 0 Å². The summed E-state index contributed by atoms with van der Waals surface area (Å²) in [5.74, 6) is 2.44. The Morgan fingerprint density at radius 3 is 2.69 bits per heavy atom. The van der Waals surface area contributed by atoms with Crippen LogP contribution in [0.15, 0.2) is 23.2 Å². The molecular weight excluding hydrogens is 443 g/mol. The van der Waals surface area contributed by atoms with E-state index in [4.69, 9.17) is 14.5 Å². The van der Waals surface area contributed by atoms with Crippen molar-refractivity contribution in [3.05, 3.63) is 23.8 Å². The third-order valence-electron chi connectivity index (χ3n) is 4.66. The molecule has 148 valence electrons. The van der Waals surface area contributed by atoms with Crippen LogP contribution in [0.1, 0.15) is 32.3 Å². The van der Waals surface area contributed by atoms with Gasteiger partial charge in [0, 0.05) is 30.8 Å². The highest BCUT2D eigenvalue weighted by molar-refractivity contribution is 14.0. The van der Waals surface area contributed by atoms with E-state index in [0.29, 0.717) is 12.6 Å². The molecule has 0 spiro atoms. The summed E-state index contributed by atoms with van der Waals surface area (Å²) in [5.41, 5.74) is 1.04. The molecule has 1 atom stereocenters. The quantitative estimate of drug-likeness (QED) is 0.344. The summed E-state index contributed by atoms with van der Waals surface area (Å²) in [6.45, 7) is 8.97. The summed E-state index contributed by atoms with van der Waals surface area (Å²) < 4.78 is 10.7. The zero-order chi connectivity index (χ0) is 18.1. The molecule has 0 aromatic heterocycles. The lowest BCUT2D eigenvalue weighted by Crippen LogP contribution is -2.44. The molecule has 2 rings (SSSR count). The Morgan fingerprint density at radius 2 is 2.04 bits per heavy atom. The minimum absolute atomic E-state index is 0. The van der Waals surface area contributed by atoms with Crippen molar-refractivity contribution in [2.75, 3.05) is 40.4 Å². The number of nitrogens with zero attached hydrogens (tertiary/aromatic N) is 2. The minimum Gasteiger partial charge on any atom is -0.497 e. The van der Waals surface area contributed by atoms with Crippen LogP contribution < -0.4 is 20.1 Å². The van der Waals surface area contributed by atoms with Gasteiger partial charge in [0.25, 0.3) is 0 Å². The number of rotatable bonds is 8. The number of hydrogen-bond donors (Lipinski definition) is 2. The summed E-state index contributed by atoms with van der Waals surface area (Å²) >= 11 is 0. The Bertz CT molecular complexity index is 568. The molecule has 1 aliphatic rings. The van der Waals surface area contributed by atoms with E-state index in [1.54, 1.807) is 14.2 Å². The molecule has 1 saturated heterocycles. The van der Waals surface area contributed by atoms with Gasteiger partial charge in [-0.2, -0.15) is 0 Å². The van der Waals surface area contributed by atoms with Gasteiger partial charge < -0.3 is 20.1 Å². The van der Waals surface area contributed by atoms with Crippen LogP contribution >= 0.6 is 24.0 Å². The SMILES string of the molecule is CCNC(=NCc1ccc(OC)cc1OC)NCC1CCCN1CC.I. The van der Waals surface area contributed by atoms with E-state index in [9.17, 15) is 0 Å². The van der Waals surface area contributed by atoms with Crippen LogP contribution in [-0.2, 0) is 6.54 Å². The van der Waals surface area contributed by atoms with E-state index < -0.39 is 0 Å². The number of likely N-dealkylation sites (N-methyl/N-ethyl adjacent to an activating group) is 1. The summed E-state index contributed by atoms with van der Waals surface area (Å²) in [4.78, 5) is 7.25. The van der Waals surface area contributed by atoms with E-state index in [-0.39, 0.29) is 24.0 Å². The van der Waals surface area contributed by atoms with Crippen molar-refractivity contribution in [2.45, 2.75) is 39.3 Å². The van der Waals surface area contributed by atoms with Gasteiger partial charge in [0.05, 0.1) is 20.8 Å². The smallest absolute Gasteiger partial charge is 0.191 e. The highest BCUT2D eigenvalue weighted by Gasteiger charge is 2.22. The van der Waals surface area contributed by atoms with Crippen molar-refractivity contribution in [3.8, 4) is 11.5 Å². The second-order valence-corrected chi connectivity index (χ2v) is 6.18. The van der Waals surface area contributed by atoms with Crippen molar-refractivity contribution in [1.82, 2.24) is 15.5 Å². The molecule has 0 radical (unpaired) electrons. The van der Waals surface area contributed by atoms with E-state index in [1.807, 2.05) is 18.2 Å². The summed E-state index contributed by atoms with van der Waals surface area (Å²) in [7, 11) is 3.33. The third kappa shape index (κ3) is 6.50. The van der Waals surface area contributed by atoms with Crippen molar-refractivity contribution in [1.29, 1.82) is 0 Å². The van der Waals surface area contributed by atoms with Gasteiger partial charge in [-0.15, -0.1) is 24.0 Å². The first-order valence-electron chi connectivity index (χ1n) is 9.18. The monoisotopic (exact) mass is 476 g/mol. The van der Waals surface area contributed by atoms with Crippen molar-refractivity contribution in [2.24, 2.45) is 4.99 Å². The topological polar surface area (TPSA) is 58.1 Å². The van der Waals surface area contributed by atoms with Gasteiger partial charge in [-0.05, 0) is 45.0 Å². The lowest BCUT2D eigenvalue weighted by atomic mass is 10.2. The average molecular weight is 476 g/mol. The molecule has 0 aliphatic carbocycles. The number of ether oxygens (including phenoxy) is 2. The molecule has 1 unspecified atom stereocenters. The largest absolute Gasteiger partial charge is 0.497 e. The zero-order valence-electron chi connectivity index (χ0n) is 16.4. The van der Waals surface area contributed by atoms with Crippen molar-refractivity contribution in [3.63, 3.8) is 0 Å². The molecule has 1 aromatic rings. The first kappa shape index (κ1) is 22.8. The molecule has 26 heavy (non-hydrogen) atoms. The van der Waals surface area contributed by atoms with Crippen LogP contribution in [0.4, 0.5) is 0 Å². The lowest BCUT2D eigenvalue weighted by Gasteiger charge is -2.24. The van der Waals surface area contributed by atoms with Crippen LogP contribution in [0.5, 0.6) is 11.5 Å². The molecule has 1 aromatic carbocycles. The normalized spacial score (nSPS) is 17.5. The Balaban J connectivity index is 0.00000338. The molecule has 0 bridgehead atoms. The van der Waals surface area contributed by atoms with E-state index in [1.165, 1.54) is 19.4 Å². The predicted octanol–water partition coefficient (Wildman–Crippen LogP) is 2.86. The number of methoxy groups -OCH3 is 2. The van der Waals surface area contributed by atoms with Crippen LogP contribution in [0.25, 0.3) is 0 Å². The molecule has 1 fully saturated rings. The highest BCUT2D eigenvalue weighted by Crippen LogP contribution is 2.25. The van der Waals surface area contributed by atoms with E-state index >= 15 is 0 Å². The Labute approximate surface area is 174 Å². The van der Waals surface area contributed by atoms with Gasteiger partial charge in [0.15, 0.2) is 5.96 Å².